The summed E-state index contributed by atoms with van der Waals surface area (Å²) in [5.74, 6) is 1.83. The van der Waals surface area contributed by atoms with Crippen molar-refractivity contribution in [1.82, 2.24) is 9.78 Å². The van der Waals surface area contributed by atoms with Gasteiger partial charge in [0.15, 0.2) is 0 Å². The molecule has 27 heavy (non-hydrogen) atoms. The molecule has 3 aliphatic rings. The number of hydrogen-bond donors (Lipinski definition) is 1. The first-order valence-electron chi connectivity index (χ1n) is 9.93. The van der Waals surface area contributed by atoms with E-state index in [9.17, 15) is 9.59 Å². The fourth-order valence-electron chi connectivity index (χ4n) is 4.87. The number of nitrogens with zero attached hydrogens (tertiary/aromatic N) is 2. The number of aromatic nitrogens is 2. The summed E-state index contributed by atoms with van der Waals surface area (Å²) < 4.78 is 6.82. The van der Waals surface area contributed by atoms with Crippen LogP contribution in [0.5, 0.6) is 0 Å². The first-order valence-corrected chi connectivity index (χ1v) is 10.7. The van der Waals surface area contributed by atoms with E-state index in [1.165, 1.54) is 11.1 Å². The van der Waals surface area contributed by atoms with Gasteiger partial charge in [0.1, 0.15) is 4.47 Å². The van der Waals surface area contributed by atoms with Crippen molar-refractivity contribution in [2.75, 3.05) is 11.9 Å². The molecule has 3 saturated carbocycles. The van der Waals surface area contributed by atoms with Crippen LogP contribution >= 0.6 is 15.9 Å². The normalized spacial score (nSPS) is 28.3. The van der Waals surface area contributed by atoms with Gasteiger partial charge in [-0.3, -0.25) is 9.59 Å². The molecule has 3 aliphatic carbocycles. The highest BCUT2D eigenvalue weighted by atomic mass is 79.9. The minimum absolute atomic E-state index is 0.169. The summed E-state index contributed by atoms with van der Waals surface area (Å²) in [6.45, 7) is 9.64. The summed E-state index contributed by atoms with van der Waals surface area (Å²) in [5.41, 5.74) is 1.03. The number of ether oxygens (including phenoxy) is 1. The monoisotopic (exact) mass is 439 g/mol. The maximum atomic E-state index is 12.6. The molecule has 4 rings (SSSR count). The second kappa shape index (κ2) is 7.94. The SMILES string of the molecule is CCOC(=O)CCCn1ncc(N[C@@H]2C[C@@H]3C[C@H]([C@H]2C)C3(C)C)c(Br)c1=O. The van der Waals surface area contributed by atoms with Crippen molar-refractivity contribution in [2.24, 2.45) is 23.2 Å². The molecule has 0 radical (unpaired) electrons. The van der Waals surface area contributed by atoms with Gasteiger partial charge in [-0.15, -0.1) is 0 Å². The Hall–Kier alpha value is -1.37. The molecule has 1 aromatic rings. The van der Waals surface area contributed by atoms with Crippen LogP contribution in [0.1, 0.15) is 53.4 Å². The first-order chi connectivity index (χ1) is 12.8. The van der Waals surface area contributed by atoms with Gasteiger partial charge in [0.05, 0.1) is 18.5 Å². The van der Waals surface area contributed by atoms with Crippen LogP contribution < -0.4 is 10.9 Å². The molecule has 1 heterocycles. The predicted molar refractivity (Wildman–Crippen MR) is 109 cm³/mol. The van der Waals surface area contributed by atoms with E-state index >= 15 is 0 Å². The smallest absolute Gasteiger partial charge is 0.305 e. The van der Waals surface area contributed by atoms with Crippen LogP contribution in [0, 0.1) is 23.2 Å². The van der Waals surface area contributed by atoms with E-state index in [-0.39, 0.29) is 17.9 Å². The zero-order valence-electron chi connectivity index (χ0n) is 16.6. The minimum atomic E-state index is -0.240. The van der Waals surface area contributed by atoms with Crippen molar-refractivity contribution in [3.05, 3.63) is 21.0 Å². The Labute approximate surface area is 169 Å². The van der Waals surface area contributed by atoms with E-state index in [2.05, 4.69) is 47.1 Å². The third-order valence-electron chi connectivity index (χ3n) is 6.74. The molecular weight excluding hydrogens is 410 g/mol. The van der Waals surface area contributed by atoms with Crippen molar-refractivity contribution in [1.29, 1.82) is 0 Å². The lowest BCUT2D eigenvalue weighted by Crippen LogP contribution is -2.58. The van der Waals surface area contributed by atoms with Gasteiger partial charge in [0.2, 0.25) is 0 Å². The molecule has 0 unspecified atom stereocenters. The maximum absolute atomic E-state index is 12.6. The highest BCUT2D eigenvalue weighted by molar-refractivity contribution is 9.10. The molecule has 6 nitrogen and oxygen atoms in total. The third-order valence-corrected chi connectivity index (χ3v) is 7.50. The van der Waals surface area contributed by atoms with Gasteiger partial charge in [0.25, 0.3) is 5.56 Å². The van der Waals surface area contributed by atoms with Crippen molar-refractivity contribution in [3.63, 3.8) is 0 Å². The molecule has 0 spiro atoms. The van der Waals surface area contributed by atoms with Crippen LogP contribution in [0.25, 0.3) is 0 Å². The Kier molecular flexibility index (Phi) is 5.99. The molecule has 4 atom stereocenters. The largest absolute Gasteiger partial charge is 0.466 e. The summed E-state index contributed by atoms with van der Waals surface area (Å²) in [4.78, 5) is 24.0. The Morgan fingerprint density at radius 3 is 2.81 bits per heavy atom. The lowest BCUT2D eigenvalue weighted by atomic mass is 9.45. The number of carbonyl (C=O) groups excluding carboxylic acids is 1. The summed E-state index contributed by atoms with van der Waals surface area (Å²) in [5, 5.41) is 7.85. The number of carbonyl (C=O) groups is 1. The number of esters is 1. The average Bonchev–Trinajstić information content (AvgIpc) is 2.62. The number of hydrogen-bond acceptors (Lipinski definition) is 5. The van der Waals surface area contributed by atoms with Crippen molar-refractivity contribution in [3.8, 4) is 0 Å². The third kappa shape index (κ3) is 3.93. The topological polar surface area (TPSA) is 73.2 Å². The lowest BCUT2D eigenvalue weighted by Gasteiger charge is -2.62. The molecule has 0 aliphatic heterocycles. The molecular formula is C20H30BrN3O3. The summed E-state index contributed by atoms with van der Waals surface area (Å²) in [6, 6.07) is 0.374. The van der Waals surface area contributed by atoms with Gasteiger partial charge in [-0.1, -0.05) is 20.8 Å². The van der Waals surface area contributed by atoms with Crippen LogP contribution in [0.3, 0.4) is 0 Å². The van der Waals surface area contributed by atoms with Gasteiger partial charge in [0, 0.05) is 19.0 Å². The van der Waals surface area contributed by atoms with Crippen LogP contribution in [-0.4, -0.2) is 28.4 Å². The molecule has 1 N–H and O–H groups in total. The maximum Gasteiger partial charge on any atom is 0.305 e. The summed E-state index contributed by atoms with van der Waals surface area (Å²) in [7, 11) is 0. The molecule has 150 valence electrons. The van der Waals surface area contributed by atoms with Crippen LogP contribution in [0.2, 0.25) is 0 Å². The Morgan fingerprint density at radius 1 is 1.44 bits per heavy atom. The van der Waals surface area contributed by atoms with Gasteiger partial charge < -0.3 is 10.1 Å². The van der Waals surface area contributed by atoms with Gasteiger partial charge >= 0.3 is 5.97 Å². The average molecular weight is 440 g/mol. The second-order valence-electron chi connectivity index (χ2n) is 8.52. The molecule has 1 aromatic heterocycles. The highest BCUT2D eigenvalue weighted by Gasteiger charge is 2.56. The van der Waals surface area contributed by atoms with E-state index in [4.69, 9.17) is 4.74 Å². The fraction of sp³-hybridized carbons (Fsp3) is 0.750. The number of anilines is 1. The zero-order chi connectivity index (χ0) is 19.8. The molecule has 7 heteroatoms. The molecule has 2 bridgehead atoms. The quantitative estimate of drug-likeness (QED) is 0.653. The van der Waals surface area contributed by atoms with E-state index in [1.54, 1.807) is 13.1 Å². The van der Waals surface area contributed by atoms with Gasteiger partial charge in [-0.05, 0) is 65.3 Å². The van der Waals surface area contributed by atoms with Crippen molar-refractivity contribution < 1.29 is 9.53 Å². The molecule has 0 saturated heterocycles. The fourth-order valence-corrected chi connectivity index (χ4v) is 5.29. The first kappa shape index (κ1) is 20.4. The lowest BCUT2D eigenvalue weighted by molar-refractivity contribution is -0.143. The number of nitrogens with one attached hydrogen (secondary N) is 1. The van der Waals surface area contributed by atoms with Crippen LogP contribution in [-0.2, 0) is 16.1 Å². The highest BCUT2D eigenvalue weighted by Crippen LogP contribution is 2.61. The Bertz CT molecular complexity index is 761. The van der Waals surface area contributed by atoms with Crippen LogP contribution in [0.15, 0.2) is 15.5 Å². The standard InChI is InChI=1S/C20H30BrN3O3/c1-5-27-17(25)7-6-8-24-19(26)18(21)16(11-22-24)23-15-10-13-9-14(12(15)2)20(13,3)4/h11-15,23H,5-10H2,1-4H3/t12-,13+,14-,15-/m1/s1. The van der Waals surface area contributed by atoms with E-state index < -0.39 is 0 Å². The van der Waals surface area contributed by atoms with Crippen molar-refractivity contribution >= 4 is 27.6 Å². The number of rotatable bonds is 7. The summed E-state index contributed by atoms with van der Waals surface area (Å²) >= 11 is 3.44. The van der Waals surface area contributed by atoms with Crippen molar-refractivity contribution in [2.45, 2.75) is 66.0 Å². The predicted octanol–water partition coefficient (Wildman–Crippen LogP) is 3.83. The van der Waals surface area contributed by atoms with E-state index in [1.807, 2.05) is 0 Å². The molecule has 3 fully saturated rings. The zero-order valence-corrected chi connectivity index (χ0v) is 18.2. The number of fused-ring (bicyclic) bond motifs is 2. The number of halogens is 1. The Morgan fingerprint density at radius 2 is 2.19 bits per heavy atom. The van der Waals surface area contributed by atoms with E-state index in [0.717, 1.165) is 23.9 Å². The van der Waals surface area contributed by atoms with Crippen LogP contribution in [0.4, 0.5) is 5.69 Å². The van der Waals surface area contributed by atoms with Gasteiger partial charge in [-0.25, -0.2) is 4.68 Å². The minimum Gasteiger partial charge on any atom is -0.466 e. The summed E-state index contributed by atoms with van der Waals surface area (Å²) in [6.07, 6.45) is 5.00. The molecule has 0 aromatic carbocycles. The second-order valence-corrected chi connectivity index (χ2v) is 9.31. The molecule has 0 amide bonds. The Balaban J connectivity index is 1.62. The van der Waals surface area contributed by atoms with Gasteiger partial charge in [-0.2, -0.15) is 5.10 Å². The van der Waals surface area contributed by atoms with E-state index in [0.29, 0.717) is 41.4 Å². The number of aryl methyl sites for hydroxylation is 1.